The van der Waals surface area contributed by atoms with Crippen molar-refractivity contribution in [1.82, 2.24) is 14.6 Å². The van der Waals surface area contributed by atoms with Crippen molar-refractivity contribution in [2.45, 2.75) is 63.5 Å². The van der Waals surface area contributed by atoms with Crippen molar-refractivity contribution in [2.75, 3.05) is 12.3 Å². The topological polar surface area (TPSA) is 144 Å². The summed E-state index contributed by atoms with van der Waals surface area (Å²) >= 11 is 6.65. The number of para-hydroxylation sites is 1. The summed E-state index contributed by atoms with van der Waals surface area (Å²) in [6.45, 7) is 6.43. The van der Waals surface area contributed by atoms with Crippen LogP contribution in [0.2, 0.25) is 0 Å². The SMILES string of the molecule is CC(C)OC(=O)[C@@H](C)N[P@@](=O)(OC[C@@H]1C[C@@](C)(Cl)[C@H](n2ccc(N)nc2=O)O1)Oc1ccccc1. The highest BCUT2D eigenvalue weighted by Gasteiger charge is 2.46. The van der Waals surface area contributed by atoms with Crippen LogP contribution in [0.15, 0.2) is 47.4 Å². The summed E-state index contributed by atoms with van der Waals surface area (Å²) in [6.07, 6.45) is -0.128. The molecule has 2 aromatic rings. The Labute approximate surface area is 208 Å². The summed E-state index contributed by atoms with van der Waals surface area (Å²) in [4.78, 5) is 27.3. The van der Waals surface area contributed by atoms with Gasteiger partial charge in [0.15, 0.2) is 6.23 Å². The maximum absolute atomic E-state index is 13.6. The van der Waals surface area contributed by atoms with Crippen LogP contribution in [-0.2, 0) is 23.4 Å². The van der Waals surface area contributed by atoms with Gasteiger partial charge in [0.2, 0.25) is 0 Å². The number of alkyl halides is 1. The Morgan fingerprint density at radius 3 is 2.66 bits per heavy atom. The van der Waals surface area contributed by atoms with Gasteiger partial charge in [0.05, 0.1) is 23.7 Å². The number of anilines is 1. The fourth-order valence-corrected chi connectivity index (χ4v) is 5.34. The highest BCUT2D eigenvalue weighted by Crippen LogP contribution is 2.48. The molecule has 192 valence electrons. The Morgan fingerprint density at radius 1 is 1.34 bits per heavy atom. The lowest BCUT2D eigenvalue weighted by atomic mass is 10.1. The van der Waals surface area contributed by atoms with Crippen LogP contribution in [0.4, 0.5) is 5.82 Å². The maximum atomic E-state index is 13.6. The van der Waals surface area contributed by atoms with Gasteiger partial charge in [0.1, 0.15) is 17.6 Å². The van der Waals surface area contributed by atoms with Gasteiger partial charge in [-0.3, -0.25) is 13.9 Å². The zero-order valence-corrected chi connectivity index (χ0v) is 21.6. The first-order chi connectivity index (χ1) is 16.4. The number of esters is 1. The Kier molecular flexibility index (Phi) is 8.61. The third-order valence-electron chi connectivity index (χ3n) is 5.02. The van der Waals surface area contributed by atoms with Crippen LogP contribution in [0.5, 0.6) is 5.75 Å². The molecule has 2 heterocycles. The Balaban J connectivity index is 1.74. The van der Waals surface area contributed by atoms with Crippen LogP contribution < -0.4 is 21.0 Å². The van der Waals surface area contributed by atoms with Gasteiger partial charge in [-0.05, 0) is 52.3 Å². The summed E-state index contributed by atoms with van der Waals surface area (Å²) in [5.41, 5.74) is 4.95. The second kappa shape index (κ2) is 11.1. The van der Waals surface area contributed by atoms with E-state index in [-0.39, 0.29) is 30.7 Å². The van der Waals surface area contributed by atoms with Crippen LogP contribution in [0.1, 0.15) is 40.3 Å². The predicted octanol–water partition coefficient (Wildman–Crippen LogP) is 3.24. The second-order valence-electron chi connectivity index (χ2n) is 8.67. The lowest BCUT2D eigenvalue weighted by molar-refractivity contribution is -0.149. The van der Waals surface area contributed by atoms with E-state index >= 15 is 0 Å². The monoisotopic (exact) mass is 528 g/mol. The van der Waals surface area contributed by atoms with Gasteiger partial charge in [-0.15, -0.1) is 11.6 Å². The molecule has 1 aromatic carbocycles. The third kappa shape index (κ3) is 7.28. The zero-order valence-electron chi connectivity index (χ0n) is 19.9. The number of aromatic nitrogens is 2. The largest absolute Gasteiger partial charge is 0.462 e. The van der Waals surface area contributed by atoms with Crippen LogP contribution in [-0.4, -0.2) is 45.3 Å². The maximum Gasteiger partial charge on any atom is 0.459 e. The van der Waals surface area contributed by atoms with Gasteiger partial charge in [0.25, 0.3) is 0 Å². The molecular weight excluding hydrogens is 499 g/mol. The third-order valence-corrected chi connectivity index (χ3v) is 7.01. The first-order valence-electron chi connectivity index (χ1n) is 11.0. The molecule has 5 atom stereocenters. The standard InChI is InChI=1S/C22H30ClN4O7P/c1-14(2)32-19(28)15(3)26-35(30,34-16-8-6-5-7-9-16)31-13-17-12-22(4,23)20(33-17)27-11-10-18(24)25-21(27)29/h5-11,14-15,17,20H,12-13H2,1-4H3,(H,26,30)(H2,24,25,29)/t15-,17+,20-,22-,35-/m1/s1. The molecule has 0 aliphatic carbocycles. The van der Waals surface area contributed by atoms with Gasteiger partial charge >= 0.3 is 19.4 Å². The molecule has 11 nitrogen and oxygen atoms in total. The van der Waals surface area contributed by atoms with E-state index in [1.165, 1.54) is 23.8 Å². The summed E-state index contributed by atoms with van der Waals surface area (Å²) in [5.74, 6) is -0.253. The van der Waals surface area contributed by atoms with E-state index < -0.39 is 42.7 Å². The molecule has 1 saturated heterocycles. The van der Waals surface area contributed by atoms with Crippen molar-refractivity contribution in [2.24, 2.45) is 0 Å². The number of carbonyl (C=O) groups excluding carboxylic acids is 1. The molecule has 3 N–H and O–H groups in total. The number of ether oxygens (including phenoxy) is 2. The molecule has 1 fully saturated rings. The van der Waals surface area contributed by atoms with Crippen LogP contribution in [0.3, 0.4) is 0 Å². The van der Waals surface area contributed by atoms with Crippen molar-refractivity contribution in [3.8, 4) is 5.75 Å². The van der Waals surface area contributed by atoms with Crippen LogP contribution >= 0.6 is 19.3 Å². The number of nitrogens with one attached hydrogen (secondary N) is 1. The molecule has 13 heteroatoms. The molecule has 0 bridgehead atoms. The summed E-state index contributed by atoms with van der Waals surface area (Å²) in [5, 5.41) is 2.62. The molecule has 1 aliphatic heterocycles. The lowest BCUT2D eigenvalue weighted by Crippen LogP contribution is -2.36. The van der Waals surface area contributed by atoms with E-state index in [4.69, 9.17) is 35.9 Å². The van der Waals surface area contributed by atoms with Crippen molar-refractivity contribution < 1.29 is 27.9 Å². The van der Waals surface area contributed by atoms with E-state index in [0.717, 1.165) is 0 Å². The van der Waals surface area contributed by atoms with Crippen LogP contribution in [0.25, 0.3) is 0 Å². The lowest BCUT2D eigenvalue weighted by Gasteiger charge is -2.24. The number of hydrogen-bond acceptors (Lipinski definition) is 9. The summed E-state index contributed by atoms with van der Waals surface area (Å²) in [7, 11) is -4.07. The van der Waals surface area contributed by atoms with Gasteiger partial charge < -0.3 is 19.7 Å². The van der Waals surface area contributed by atoms with E-state index in [9.17, 15) is 14.2 Å². The fourth-order valence-electron chi connectivity index (χ4n) is 3.49. The first-order valence-corrected chi connectivity index (χ1v) is 13.0. The predicted molar refractivity (Wildman–Crippen MR) is 130 cm³/mol. The van der Waals surface area contributed by atoms with Gasteiger partial charge in [-0.25, -0.2) is 9.36 Å². The van der Waals surface area contributed by atoms with Crippen molar-refractivity contribution >= 4 is 31.1 Å². The minimum absolute atomic E-state index is 0.0793. The minimum atomic E-state index is -4.07. The Morgan fingerprint density at radius 2 is 2.03 bits per heavy atom. The zero-order chi connectivity index (χ0) is 25.8. The number of hydrogen-bond donors (Lipinski definition) is 2. The van der Waals surface area contributed by atoms with E-state index in [1.54, 1.807) is 51.1 Å². The summed E-state index contributed by atoms with van der Waals surface area (Å²) < 4.78 is 37.3. The molecule has 1 aliphatic rings. The fraction of sp³-hybridized carbons (Fsp3) is 0.500. The number of halogens is 1. The van der Waals surface area contributed by atoms with Gasteiger partial charge in [-0.2, -0.15) is 10.1 Å². The van der Waals surface area contributed by atoms with Crippen molar-refractivity contribution in [1.29, 1.82) is 0 Å². The number of nitrogens with zero attached hydrogens (tertiary/aromatic N) is 2. The van der Waals surface area contributed by atoms with E-state index in [2.05, 4.69) is 10.1 Å². The average Bonchev–Trinajstić information content (AvgIpc) is 3.06. The van der Waals surface area contributed by atoms with Gasteiger partial charge in [0, 0.05) is 6.20 Å². The van der Waals surface area contributed by atoms with Crippen molar-refractivity contribution in [3.05, 3.63) is 53.1 Å². The number of nitrogen functional groups attached to an aromatic ring is 1. The molecule has 3 rings (SSSR count). The summed E-state index contributed by atoms with van der Waals surface area (Å²) in [6, 6.07) is 8.88. The molecule has 0 saturated carbocycles. The Hall–Kier alpha value is -2.43. The second-order valence-corrected chi connectivity index (χ2v) is 11.2. The average molecular weight is 529 g/mol. The van der Waals surface area contributed by atoms with E-state index in [1.807, 2.05) is 0 Å². The minimum Gasteiger partial charge on any atom is -0.462 e. The number of nitrogens with two attached hydrogens (primary N) is 1. The molecule has 35 heavy (non-hydrogen) atoms. The molecule has 0 unspecified atom stereocenters. The van der Waals surface area contributed by atoms with Crippen molar-refractivity contribution in [3.63, 3.8) is 0 Å². The van der Waals surface area contributed by atoms with E-state index in [0.29, 0.717) is 0 Å². The number of carbonyl (C=O) groups is 1. The molecular formula is C22H30ClN4O7P. The molecule has 0 radical (unpaired) electrons. The number of rotatable bonds is 10. The quantitative estimate of drug-likeness (QED) is 0.268. The highest BCUT2D eigenvalue weighted by atomic mass is 35.5. The molecule has 0 amide bonds. The molecule has 0 spiro atoms. The Bertz CT molecular complexity index is 1130. The smallest absolute Gasteiger partial charge is 0.459 e. The first kappa shape index (κ1) is 27.2. The normalized spacial score (nSPS) is 24.6. The van der Waals surface area contributed by atoms with Gasteiger partial charge in [-0.1, -0.05) is 18.2 Å². The number of benzene rings is 1. The molecule has 1 aromatic heterocycles. The van der Waals surface area contributed by atoms with Crippen LogP contribution in [0, 0.1) is 0 Å². The highest BCUT2D eigenvalue weighted by molar-refractivity contribution is 7.52.